The van der Waals surface area contributed by atoms with Crippen LogP contribution in [0.4, 0.5) is 0 Å². The molecule has 3 aromatic heterocycles. The highest BCUT2D eigenvalue weighted by molar-refractivity contribution is 7.99. The zero-order valence-corrected chi connectivity index (χ0v) is 19.4. The van der Waals surface area contributed by atoms with Gasteiger partial charge in [-0.15, -0.1) is 21.5 Å². The van der Waals surface area contributed by atoms with Crippen LogP contribution in [0.25, 0.3) is 5.69 Å². The standard InChI is InChI=1S/C22H18ClN5O2S2/c1-14-6-7-15(10-16(14)23)27-13-24-25-22(27)32-12-21(29)28-18(19-4-2-8-30-19)11-17(26-28)20-5-3-9-31-20/h2-10,13,18H,11-12H2,1H3. The second-order valence-electron chi connectivity index (χ2n) is 7.20. The van der Waals surface area contributed by atoms with Crippen LogP contribution in [0.1, 0.15) is 28.7 Å². The average Bonchev–Trinajstić information content (AvgIpc) is 3.60. The smallest absolute Gasteiger partial charge is 0.253 e. The number of halogens is 1. The lowest BCUT2D eigenvalue weighted by molar-refractivity contribution is -0.130. The van der Waals surface area contributed by atoms with Crippen molar-refractivity contribution in [1.82, 2.24) is 19.8 Å². The molecule has 10 heteroatoms. The molecule has 0 bridgehead atoms. The van der Waals surface area contributed by atoms with Crippen molar-refractivity contribution in [3.8, 4) is 5.69 Å². The van der Waals surface area contributed by atoms with Crippen molar-refractivity contribution in [3.05, 3.63) is 81.7 Å². The molecule has 1 aliphatic heterocycles. The summed E-state index contributed by atoms with van der Waals surface area (Å²) in [6, 6.07) is 13.2. The molecule has 1 aromatic carbocycles. The summed E-state index contributed by atoms with van der Waals surface area (Å²) in [5, 5.41) is 17.6. The van der Waals surface area contributed by atoms with Gasteiger partial charge in [0.1, 0.15) is 18.1 Å². The highest BCUT2D eigenvalue weighted by Gasteiger charge is 2.35. The number of carbonyl (C=O) groups is 1. The normalized spacial score (nSPS) is 15.9. The van der Waals surface area contributed by atoms with E-state index >= 15 is 0 Å². The van der Waals surface area contributed by atoms with Crippen molar-refractivity contribution in [2.75, 3.05) is 5.75 Å². The average molecular weight is 484 g/mol. The Balaban J connectivity index is 1.35. The van der Waals surface area contributed by atoms with E-state index < -0.39 is 0 Å². The topological polar surface area (TPSA) is 76.5 Å². The molecule has 0 saturated carbocycles. The second-order valence-corrected chi connectivity index (χ2v) is 9.50. The van der Waals surface area contributed by atoms with E-state index in [9.17, 15) is 4.79 Å². The van der Waals surface area contributed by atoms with Crippen LogP contribution in [-0.4, -0.2) is 37.1 Å². The molecule has 1 aliphatic rings. The number of hydrogen-bond donors (Lipinski definition) is 0. The number of thiophene rings is 1. The van der Waals surface area contributed by atoms with Crippen molar-refractivity contribution in [2.24, 2.45) is 5.10 Å². The summed E-state index contributed by atoms with van der Waals surface area (Å²) in [6.45, 7) is 1.95. The second kappa shape index (κ2) is 8.93. The van der Waals surface area contributed by atoms with Crippen molar-refractivity contribution in [1.29, 1.82) is 0 Å². The summed E-state index contributed by atoms with van der Waals surface area (Å²) in [6.07, 6.45) is 3.84. The number of hydrazone groups is 1. The Hall–Kier alpha value is -2.88. The number of amides is 1. The molecule has 0 N–H and O–H groups in total. The molecule has 1 atom stereocenters. The molecule has 5 rings (SSSR count). The van der Waals surface area contributed by atoms with E-state index in [0.29, 0.717) is 16.6 Å². The monoisotopic (exact) mass is 483 g/mol. The number of rotatable bonds is 6. The zero-order valence-electron chi connectivity index (χ0n) is 17.0. The Morgan fingerprint density at radius 3 is 2.97 bits per heavy atom. The van der Waals surface area contributed by atoms with Crippen LogP contribution in [0.5, 0.6) is 0 Å². The number of furan rings is 1. The number of carbonyl (C=O) groups excluding carboxylic acids is 1. The maximum atomic E-state index is 13.2. The minimum absolute atomic E-state index is 0.126. The lowest BCUT2D eigenvalue weighted by atomic mass is 10.1. The van der Waals surface area contributed by atoms with Gasteiger partial charge in [-0.25, -0.2) is 5.01 Å². The van der Waals surface area contributed by atoms with Gasteiger partial charge in [-0.1, -0.05) is 35.5 Å². The number of aromatic nitrogens is 3. The first-order valence-electron chi connectivity index (χ1n) is 9.86. The van der Waals surface area contributed by atoms with Crippen molar-refractivity contribution in [3.63, 3.8) is 0 Å². The Labute approximate surface area is 197 Å². The molecule has 1 amide bonds. The third kappa shape index (κ3) is 4.11. The van der Waals surface area contributed by atoms with Crippen LogP contribution in [0, 0.1) is 6.92 Å². The molecule has 162 valence electrons. The predicted molar refractivity (Wildman–Crippen MR) is 126 cm³/mol. The first-order valence-corrected chi connectivity index (χ1v) is 12.1. The molecule has 4 heterocycles. The SMILES string of the molecule is Cc1ccc(-n2cnnc2SCC(=O)N2N=C(c3cccs3)CC2c2ccco2)cc1Cl. The molecular weight excluding hydrogens is 466 g/mol. The zero-order chi connectivity index (χ0) is 22.1. The van der Waals surface area contributed by atoms with Crippen LogP contribution < -0.4 is 0 Å². The molecule has 32 heavy (non-hydrogen) atoms. The van der Waals surface area contributed by atoms with E-state index in [0.717, 1.165) is 27.6 Å². The fourth-order valence-electron chi connectivity index (χ4n) is 3.46. The number of nitrogens with zero attached hydrogens (tertiary/aromatic N) is 5. The van der Waals surface area contributed by atoms with E-state index in [4.69, 9.17) is 16.0 Å². The van der Waals surface area contributed by atoms with E-state index in [-0.39, 0.29) is 17.7 Å². The van der Waals surface area contributed by atoms with Gasteiger partial charge in [-0.05, 0) is 48.2 Å². The summed E-state index contributed by atoms with van der Waals surface area (Å²) in [5.41, 5.74) is 2.72. The first-order chi connectivity index (χ1) is 15.6. The molecule has 4 aromatic rings. The van der Waals surface area contributed by atoms with E-state index in [1.165, 1.54) is 16.8 Å². The van der Waals surface area contributed by atoms with Crippen LogP contribution in [-0.2, 0) is 4.79 Å². The predicted octanol–water partition coefficient (Wildman–Crippen LogP) is 5.35. The van der Waals surface area contributed by atoms with Gasteiger partial charge < -0.3 is 4.42 Å². The van der Waals surface area contributed by atoms with Crippen LogP contribution in [0.15, 0.2) is 75.1 Å². The van der Waals surface area contributed by atoms with E-state index in [1.54, 1.807) is 23.9 Å². The largest absolute Gasteiger partial charge is 0.467 e. The maximum absolute atomic E-state index is 13.2. The van der Waals surface area contributed by atoms with Gasteiger partial charge in [-0.2, -0.15) is 5.10 Å². The third-order valence-corrected chi connectivity index (χ3v) is 7.37. The molecule has 0 spiro atoms. The van der Waals surface area contributed by atoms with Gasteiger partial charge in [0.25, 0.3) is 5.91 Å². The summed E-state index contributed by atoms with van der Waals surface area (Å²) < 4.78 is 7.42. The minimum atomic E-state index is -0.260. The molecule has 0 saturated heterocycles. The summed E-state index contributed by atoms with van der Waals surface area (Å²) in [7, 11) is 0. The van der Waals surface area contributed by atoms with Crippen molar-refractivity contribution < 1.29 is 9.21 Å². The fraction of sp³-hybridized carbons (Fsp3) is 0.182. The lowest BCUT2D eigenvalue weighted by Crippen LogP contribution is -2.28. The summed E-state index contributed by atoms with van der Waals surface area (Å²) >= 11 is 9.19. The van der Waals surface area contributed by atoms with Crippen LogP contribution >= 0.6 is 34.7 Å². The highest BCUT2D eigenvalue weighted by atomic mass is 35.5. The number of benzene rings is 1. The molecule has 1 unspecified atom stereocenters. The first kappa shape index (κ1) is 21.0. The van der Waals surface area contributed by atoms with Gasteiger partial charge >= 0.3 is 0 Å². The van der Waals surface area contributed by atoms with Crippen molar-refractivity contribution >= 4 is 46.3 Å². The Morgan fingerprint density at radius 1 is 1.31 bits per heavy atom. The Bertz CT molecular complexity index is 1270. The Morgan fingerprint density at radius 2 is 2.22 bits per heavy atom. The maximum Gasteiger partial charge on any atom is 0.253 e. The highest BCUT2D eigenvalue weighted by Crippen LogP contribution is 2.35. The number of hydrogen-bond acceptors (Lipinski definition) is 7. The van der Waals surface area contributed by atoms with Crippen LogP contribution in [0.2, 0.25) is 5.02 Å². The summed E-state index contributed by atoms with van der Waals surface area (Å²) in [5.74, 6) is 0.757. The molecule has 7 nitrogen and oxygen atoms in total. The molecular formula is C22H18ClN5O2S2. The van der Waals surface area contributed by atoms with Crippen LogP contribution in [0.3, 0.4) is 0 Å². The number of aryl methyl sites for hydroxylation is 1. The Kier molecular flexibility index (Phi) is 5.86. The van der Waals surface area contributed by atoms with Crippen molar-refractivity contribution in [2.45, 2.75) is 24.5 Å². The fourth-order valence-corrected chi connectivity index (χ4v) is 5.14. The van der Waals surface area contributed by atoms with E-state index in [2.05, 4.69) is 15.3 Å². The van der Waals surface area contributed by atoms with Gasteiger partial charge in [0.15, 0.2) is 5.16 Å². The van der Waals surface area contributed by atoms with E-state index in [1.807, 2.05) is 59.3 Å². The van der Waals surface area contributed by atoms with Gasteiger partial charge in [0, 0.05) is 11.4 Å². The molecule has 0 aliphatic carbocycles. The lowest BCUT2D eigenvalue weighted by Gasteiger charge is -2.19. The third-order valence-electron chi connectivity index (χ3n) is 5.12. The van der Waals surface area contributed by atoms with Gasteiger partial charge in [-0.3, -0.25) is 9.36 Å². The quantitative estimate of drug-likeness (QED) is 0.345. The minimum Gasteiger partial charge on any atom is -0.467 e. The number of thioether (sulfide) groups is 1. The molecule has 0 radical (unpaired) electrons. The van der Waals surface area contributed by atoms with Gasteiger partial charge in [0.2, 0.25) is 0 Å². The molecule has 0 fully saturated rings. The van der Waals surface area contributed by atoms with Gasteiger partial charge in [0.05, 0.1) is 28.3 Å². The summed E-state index contributed by atoms with van der Waals surface area (Å²) in [4.78, 5) is 14.2.